The van der Waals surface area contributed by atoms with Gasteiger partial charge in [-0.1, -0.05) is 82.6 Å². The number of likely N-dealkylation sites (tertiary alicyclic amines) is 1. The normalized spacial score (nSPS) is 16.2. The lowest BCUT2D eigenvalue weighted by molar-refractivity contribution is 0.146. The van der Waals surface area contributed by atoms with Gasteiger partial charge in [-0.25, -0.2) is 0 Å². The Labute approximate surface area is 263 Å². The molecular weight excluding hydrogens is 561 g/mol. The van der Waals surface area contributed by atoms with Gasteiger partial charge < -0.3 is 20.6 Å². The summed E-state index contributed by atoms with van der Waals surface area (Å²) in [5, 5.41) is 16.4. The zero-order valence-electron chi connectivity index (χ0n) is 25.2. The minimum atomic E-state index is 0. The number of unbranched alkanes of at least 4 members (excludes halogenated alkanes) is 2. The van der Waals surface area contributed by atoms with Gasteiger partial charge >= 0.3 is 0 Å². The highest BCUT2D eigenvalue weighted by Crippen LogP contribution is 2.31. The van der Waals surface area contributed by atoms with Gasteiger partial charge in [0.05, 0.1) is 6.61 Å². The average molecular weight is 617 g/mol. The van der Waals surface area contributed by atoms with E-state index in [0.717, 1.165) is 26.2 Å². The summed E-state index contributed by atoms with van der Waals surface area (Å²) in [6.07, 6.45) is 7.49. The van der Waals surface area contributed by atoms with E-state index in [2.05, 4.69) is 91.8 Å². The molecule has 1 saturated heterocycles. The van der Waals surface area contributed by atoms with Crippen molar-refractivity contribution in [1.29, 1.82) is 0 Å². The lowest BCUT2D eigenvalue weighted by Crippen LogP contribution is -2.44. The number of aryl methyl sites for hydroxylation is 1. The van der Waals surface area contributed by atoms with Crippen LogP contribution in [-0.4, -0.2) is 55.9 Å². The Hall–Kier alpha value is -0.850. The minimum absolute atomic E-state index is 0. The van der Waals surface area contributed by atoms with E-state index in [1.54, 1.807) is 0 Å². The summed E-state index contributed by atoms with van der Waals surface area (Å²) in [5.41, 5.74) is 5.84. The second-order valence-electron chi connectivity index (χ2n) is 11.6. The summed E-state index contributed by atoms with van der Waals surface area (Å²) in [5.74, 6) is 1.78. The van der Waals surface area contributed by atoms with E-state index in [1.165, 1.54) is 67.3 Å². The number of nitrogens with one attached hydrogen (secondary N) is 2. The van der Waals surface area contributed by atoms with Gasteiger partial charge in [-0.2, -0.15) is 0 Å². The number of aliphatic hydroxyl groups is 1. The molecule has 1 heterocycles. The number of benzene rings is 2. The van der Waals surface area contributed by atoms with Gasteiger partial charge in [0.25, 0.3) is 0 Å². The van der Waals surface area contributed by atoms with E-state index in [9.17, 15) is 0 Å². The van der Waals surface area contributed by atoms with Crippen LogP contribution in [0.2, 0.25) is 0 Å². The van der Waals surface area contributed by atoms with Crippen LogP contribution >= 0.6 is 37.2 Å². The van der Waals surface area contributed by atoms with Crippen molar-refractivity contribution in [2.24, 2.45) is 5.92 Å². The predicted molar refractivity (Wildman–Crippen MR) is 180 cm³/mol. The molecule has 230 valence electrons. The van der Waals surface area contributed by atoms with E-state index in [4.69, 9.17) is 5.11 Å². The summed E-state index contributed by atoms with van der Waals surface area (Å²) >= 11 is 0. The summed E-state index contributed by atoms with van der Waals surface area (Å²) in [6, 6.07) is 18.9. The van der Waals surface area contributed by atoms with E-state index in [1.807, 2.05) is 0 Å². The van der Waals surface area contributed by atoms with Crippen molar-refractivity contribution in [3.8, 4) is 0 Å². The number of hydrogen-bond donors (Lipinski definition) is 3. The van der Waals surface area contributed by atoms with Crippen LogP contribution in [0, 0.1) is 5.92 Å². The molecule has 3 rings (SSSR count). The van der Waals surface area contributed by atoms with Crippen LogP contribution in [0.1, 0.15) is 99.9 Å². The Bertz CT molecular complexity index is 912. The maximum Gasteiger partial charge on any atom is 0.0555 e. The molecule has 3 N–H and O–H groups in total. The van der Waals surface area contributed by atoms with E-state index in [-0.39, 0.29) is 43.8 Å². The monoisotopic (exact) mass is 615 g/mol. The first-order valence-corrected chi connectivity index (χ1v) is 14.9. The fraction of sp³-hybridized carbons (Fsp3) is 0.636. The summed E-state index contributed by atoms with van der Waals surface area (Å²) in [6.45, 7) is 15.5. The Balaban J connectivity index is 0.00000507. The van der Waals surface area contributed by atoms with Gasteiger partial charge in [-0.3, -0.25) is 0 Å². The topological polar surface area (TPSA) is 47.5 Å². The van der Waals surface area contributed by atoms with Crippen LogP contribution in [0.5, 0.6) is 0 Å². The molecule has 2 aromatic carbocycles. The van der Waals surface area contributed by atoms with Crippen LogP contribution < -0.4 is 10.6 Å². The molecule has 2 unspecified atom stereocenters. The fourth-order valence-corrected chi connectivity index (χ4v) is 5.67. The zero-order valence-corrected chi connectivity index (χ0v) is 27.7. The fourth-order valence-electron chi connectivity index (χ4n) is 5.67. The van der Waals surface area contributed by atoms with Crippen LogP contribution in [0.3, 0.4) is 0 Å². The molecule has 0 radical (unpaired) electrons. The maximum atomic E-state index is 9.05. The van der Waals surface area contributed by atoms with Crippen LogP contribution in [0.15, 0.2) is 48.5 Å². The smallest absolute Gasteiger partial charge is 0.0555 e. The number of piperidine rings is 1. The molecule has 4 nitrogen and oxygen atoms in total. The molecular formula is C33H56Cl3N3O. The predicted octanol–water partition coefficient (Wildman–Crippen LogP) is 7.54. The van der Waals surface area contributed by atoms with Gasteiger partial charge in [-0.15, -0.1) is 37.2 Å². The molecule has 0 saturated carbocycles. The molecule has 1 aliphatic heterocycles. The third-order valence-corrected chi connectivity index (χ3v) is 7.97. The molecule has 0 spiro atoms. The average Bonchev–Trinajstić information content (AvgIpc) is 2.91. The van der Waals surface area contributed by atoms with Crippen molar-refractivity contribution in [1.82, 2.24) is 15.5 Å². The van der Waals surface area contributed by atoms with Gasteiger partial charge in [0, 0.05) is 32.2 Å². The molecule has 40 heavy (non-hydrogen) atoms. The van der Waals surface area contributed by atoms with Crippen molar-refractivity contribution < 1.29 is 5.11 Å². The van der Waals surface area contributed by atoms with Crippen molar-refractivity contribution >= 4 is 37.2 Å². The van der Waals surface area contributed by atoms with E-state index < -0.39 is 0 Å². The molecule has 2 aromatic rings. The minimum Gasteiger partial charge on any atom is -0.395 e. The lowest BCUT2D eigenvalue weighted by atomic mass is 9.85. The molecule has 1 fully saturated rings. The largest absolute Gasteiger partial charge is 0.395 e. The summed E-state index contributed by atoms with van der Waals surface area (Å²) in [4.78, 5) is 2.62. The van der Waals surface area contributed by atoms with Crippen LogP contribution in [0.4, 0.5) is 0 Å². The lowest BCUT2D eigenvalue weighted by Gasteiger charge is -2.38. The molecule has 0 aliphatic carbocycles. The Morgan fingerprint density at radius 1 is 0.825 bits per heavy atom. The highest BCUT2D eigenvalue weighted by molar-refractivity contribution is 5.86. The second-order valence-corrected chi connectivity index (χ2v) is 11.6. The molecule has 0 aromatic heterocycles. The first kappa shape index (κ1) is 39.1. The molecule has 1 aliphatic rings. The number of halogens is 3. The number of rotatable bonds is 16. The summed E-state index contributed by atoms with van der Waals surface area (Å²) in [7, 11) is 0. The number of hydrogen-bond acceptors (Lipinski definition) is 4. The highest BCUT2D eigenvalue weighted by atomic mass is 35.5. The standard InChI is InChI=1S/C33H53N3O.3ClH/c1-26(2)29-13-8-12-28(23-29)11-6-5-7-17-35-33(31-15-9-14-30(24-31)27(3)4)32-16-10-20-36(25-32)21-18-34-19-22-37;;;/h8-9,12-15,23-24,26-27,32-35,37H,5-7,10-11,16-22,25H2,1-4H3;3*1H. The van der Waals surface area contributed by atoms with Crippen molar-refractivity contribution in [2.45, 2.75) is 84.1 Å². The first-order chi connectivity index (χ1) is 18.0. The quantitative estimate of drug-likeness (QED) is 0.171. The maximum absolute atomic E-state index is 9.05. The van der Waals surface area contributed by atoms with Gasteiger partial charge in [-0.05, 0) is 85.2 Å². The van der Waals surface area contributed by atoms with Gasteiger partial charge in [0.15, 0.2) is 0 Å². The Morgan fingerprint density at radius 2 is 1.50 bits per heavy atom. The number of aliphatic hydroxyl groups excluding tert-OH is 1. The molecule has 2 atom stereocenters. The van der Waals surface area contributed by atoms with E-state index >= 15 is 0 Å². The first-order valence-electron chi connectivity index (χ1n) is 14.9. The molecule has 7 heteroatoms. The van der Waals surface area contributed by atoms with E-state index in [0.29, 0.717) is 30.3 Å². The SMILES string of the molecule is CC(C)c1cccc(CCCCCNC(c2cccc(C(C)C)c2)C2CCCN(CCNCCO)C2)c1.Cl.Cl.Cl. The van der Waals surface area contributed by atoms with Crippen molar-refractivity contribution in [3.63, 3.8) is 0 Å². The van der Waals surface area contributed by atoms with Crippen LogP contribution in [0.25, 0.3) is 0 Å². The molecule has 0 bridgehead atoms. The van der Waals surface area contributed by atoms with Gasteiger partial charge in [0.1, 0.15) is 0 Å². The third-order valence-electron chi connectivity index (χ3n) is 7.97. The van der Waals surface area contributed by atoms with Crippen LogP contribution in [-0.2, 0) is 6.42 Å². The highest BCUT2D eigenvalue weighted by Gasteiger charge is 2.28. The Morgan fingerprint density at radius 3 is 2.20 bits per heavy atom. The van der Waals surface area contributed by atoms with Crippen molar-refractivity contribution in [3.05, 3.63) is 70.8 Å². The number of nitrogens with zero attached hydrogens (tertiary/aromatic N) is 1. The summed E-state index contributed by atoms with van der Waals surface area (Å²) < 4.78 is 0. The van der Waals surface area contributed by atoms with Crippen molar-refractivity contribution in [2.75, 3.05) is 45.9 Å². The van der Waals surface area contributed by atoms with Gasteiger partial charge in [0.2, 0.25) is 0 Å². The third kappa shape index (κ3) is 13.4. The Kier molecular flexibility index (Phi) is 21.3. The molecule has 0 amide bonds. The zero-order chi connectivity index (χ0) is 26.5. The second kappa shape index (κ2) is 21.8.